The maximum Gasteiger partial charge on any atom is 0.340 e. The van der Waals surface area contributed by atoms with Gasteiger partial charge in [0.25, 0.3) is 5.91 Å². The number of para-hydroxylation sites is 2. The van der Waals surface area contributed by atoms with Crippen LogP contribution in [0.3, 0.4) is 0 Å². The molecule has 0 heterocycles. The van der Waals surface area contributed by atoms with E-state index in [1.165, 1.54) is 24.3 Å². The largest absolute Gasteiger partial charge is 0.477 e. The molecule has 0 spiro atoms. The van der Waals surface area contributed by atoms with Crippen LogP contribution in [0.25, 0.3) is 0 Å². The Labute approximate surface area is 145 Å². The quantitative estimate of drug-likeness (QED) is 0.478. The van der Waals surface area contributed by atoms with Crippen molar-refractivity contribution in [3.63, 3.8) is 0 Å². The van der Waals surface area contributed by atoms with Gasteiger partial charge in [-0.25, -0.2) is 13.6 Å². The van der Waals surface area contributed by atoms with Gasteiger partial charge in [-0.05, 0) is 12.1 Å². The minimum absolute atomic E-state index is 0.150. The Balaban J connectivity index is 2.11. The van der Waals surface area contributed by atoms with Crippen molar-refractivity contribution in [3.05, 3.63) is 63.7 Å². The molecule has 0 aliphatic heterocycles. The van der Waals surface area contributed by atoms with Gasteiger partial charge in [0, 0.05) is 12.1 Å². The predicted octanol–water partition coefficient (Wildman–Crippen LogP) is 2.68. The van der Waals surface area contributed by atoms with Crippen LogP contribution in [-0.2, 0) is 9.53 Å². The van der Waals surface area contributed by atoms with Crippen LogP contribution in [0, 0.1) is 21.7 Å². The average molecular weight is 366 g/mol. The topological polar surface area (TPSA) is 108 Å². The third kappa shape index (κ3) is 4.29. The molecule has 0 atom stereocenters. The number of amides is 1. The minimum atomic E-state index is -1.15. The van der Waals surface area contributed by atoms with E-state index in [2.05, 4.69) is 10.1 Å². The van der Waals surface area contributed by atoms with Gasteiger partial charge in [-0.3, -0.25) is 14.9 Å². The first kappa shape index (κ1) is 18.8. The number of esters is 1. The molecule has 136 valence electrons. The number of nitrogens with zero attached hydrogens (tertiary/aromatic N) is 1. The maximum atomic E-state index is 13.8. The molecule has 26 heavy (non-hydrogen) atoms. The Morgan fingerprint density at radius 1 is 1.19 bits per heavy atom. The van der Waals surface area contributed by atoms with Gasteiger partial charge in [-0.1, -0.05) is 12.1 Å². The monoisotopic (exact) mass is 366 g/mol. The number of nitro benzene ring substituents is 1. The second kappa shape index (κ2) is 8.01. The number of nitrogens with one attached hydrogen (secondary N) is 1. The lowest BCUT2D eigenvalue weighted by atomic mass is 10.1. The Morgan fingerprint density at radius 2 is 1.88 bits per heavy atom. The molecule has 2 aromatic rings. The molecule has 0 aromatic heterocycles. The number of rotatable bonds is 6. The zero-order valence-electron chi connectivity index (χ0n) is 13.3. The molecule has 10 heteroatoms. The van der Waals surface area contributed by atoms with E-state index in [-0.39, 0.29) is 11.4 Å². The van der Waals surface area contributed by atoms with Crippen LogP contribution in [0.2, 0.25) is 0 Å². The van der Waals surface area contributed by atoms with E-state index in [4.69, 9.17) is 4.74 Å². The lowest BCUT2D eigenvalue weighted by molar-refractivity contribution is -0.385. The number of carbonyl (C=O) groups is 2. The van der Waals surface area contributed by atoms with Gasteiger partial charge in [0.15, 0.2) is 12.4 Å². The van der Waals surface area contributed by atoms with Crippen LogP contribution in [0.5, 0.6) is 5.75 Å². The Kier molecular flexibility index (Phi) is 5.78. The van der Waals surface area contributed by atoms with E-state index in [0.29, 0.717) is 6.07 Å². The third-order valence-electron chi connectivity index (χ3n) is 3.16. The summed E-state index contributed by atoms with van der Waals surface area (Å²) < 4.78 is 36.7. The summed E-state index contributed by atoms with van der Waals surface area (Å²) in [5.41, 5.74) is -1.38. The van der Waals surface area contributed by atoms with Gasteiger partial charge in [-0.15, -0.1) is 0 Å². The molecule has 0 bridgehead atoms. The van der Waals surface area contributed by atoms with Crippen LogP contribution in [0.15, 0.2) is 36.4 Å². The fourth-order valence-corrected chi connectivity index (χ4v) is 1.97. The SMILES string of the molecule is COC(=O)c1cc(NC(=O)COc2ccccc2[N+](=O)[O-])c(F)cc1F. The first-order valence-corrected chi connectivity index (χ1v) is 7.07. The molecule has 0 aliphatic carbocycles. The van der Waals surface area contributed by atoms with Crippen molar-refractivity contribution in [1.82, 2.24) is 0 Å². The number of benzene rings is 2. The van der Waals surface area contributed by atoms with Gasteiger partial charge >= 0.3 is 11.7 Å². The summed E-state index contributed by atoms with van der Waals surface area (Å²) in [7, 11) is 1.02. The van der Waals surface area contributed by atoms with Crippen molar-refractivity contribution in [2.45, 2.75) is 0 Å². The summed E-state index contributed by atoms with van der Waals surface area (Å²) in [6.07, 6.45) is 0. The highest BCUT2D eigenvalue weighted by Gasteiger charge is 2.19. The highest BCUT2D eigenvalue weighted by molar-refractivity contribution is 5.95. The molecule has 0 fully saturated rings. The van der Waals surface area contributed by atoms with Crippen LogP contribution in [-0.4, -0.2) is 30.5 Å². The average Bonchev–Trinajstić information content (AvgIpc) is 2.61. The van der Waals surface area contributed by atoms with E-state index >= 15 is 0 Å². The Hall–Kier alpha value is -3.56. The lowest BCUT2D eigenvalue weighted by Gasteiger charge is -2.10. The fraction of sp³-hybridized carbons (Fsp3) is 0.125. The molecule has 2 aromatic carbocycles. The maximum absolute atomic E-state index is 13.8. The zero-order valence-corrected chi connectivity index (χ0v) is 13.3. The number of carbonyl (C=O) groups excluding carboxylic acids is 2. The molecule has 8 nitrogen and oxygen atoms in total. The van der Waals surface area contributed by atoms with Crippen molar-refractivity contribution in [3.8, 4) is 5.75 Å². The standard InChI is InChI=1S/C16H12F2N2O6/c1-25-16(22)9-6-12(11(18)7-10(9)17)19-15(21)8-26-14-5-3-2-4-13(14)20(23)24/h2-7H,8H2,1H3,(H,19,21). The number of ether oxygens (including phenoxy) is 2. The van der Waals surface area contributed by atoms with Crippen LogP contribution in [0.4, 0.5) is 20.2 Å². The van der Waals surface area contributed by atoms with E-state index in [1.807, 2.05) is 0 Å². The molecule has 1 amide bonds. The zero-order chi connectivity index (χ0) is 19.3. The fourth-order valence-electron chi connectivity index (χ4n) is 1.97. The highest BCUT2D eigenvalue weighted by Crippen LogP contribution is 2.26. The number of halogens is 2. The predicted molar refractivity (Wildman–Crippen MR) is 84.9 cm³/mol. The summed E-state index contributed by atoms with van der Waals surface area (Å²) >= 11 is 0. The summed E-state index contributed by atoms with van der Waals surface area (Å²) in [6.45, 7) is -0.671. The second-order valence-electron chi connectivity index (χ2n) is 4.87. The van der Waals surface area contributed by atoms with Crippen molar-refractivity contribution in [1.29, 1.82) is 0 Å². The molecule has 0 unspecified atom stereocenters. The molecule has 2 rings (SSSR count). The number of methoxy groups -OCH3 is 1. The van der Waals surface area contributed by atoms with Crippen LogP contribution < -0.4 is 10.1 Å². The van der Waals surface area contributed by atoms with Crippen molar-refractivity contribution in [2.24, 2.45) is 0 Å². The number of nitro groups is 1. The first-order valence-electron chi connectivity index (χ1n) is 7.07. The van der Waals surface area contributed by atoms with Gasteiger partial charge in [-0.2, -0.15) is 0 Å². The Bertz CT molecular complexity index is 872. The Morgan fingerprint density at radius 3 is 2.54 bits per heavy atom. The van der Waals surface area contributed by atoms with E-state index in [0.717, 1.165) is 13.2 Å². The normalized spacial score (nSPS) is 10.1. The number of hydrogen-bond donors (Lipinski definition) is 1. The van der Waals surface area contributed by atoms with Gasteiger partial charge in [0.1, 0.15) is 11.6 Å². The van der Waals surface area contributed by atoms with Crippen molar-refractivity contribution in [2.75, 3.05) is 19.0 Å². The second-order valence-corrected chi connectivity index (χ2v) is 4.87. The van der Waals surface area contributed by atoms with E-state index in [9.17, 15) is 28.5 Å². The smallest absolute Gasteiger partial charge is 0.340 e. The van der Waals surface area contributed by atoms with Crippen LogP contribution >= 0.6 is 0 Å². The first-order chi connectivity index (χ1) is 12.3. The van der Waals surface area contributed by atoms with E-state index < -0.39 is 46.3 Å². The van der Waals surface area contributed by atoms with Crippen molar-refractivity contribution < 1.29 is 32.8 Å². The molecule has 0 saturated carbocycles. The summed E-state index contributed by atoms with van der Waals surface area (Å²) in [6, 6.07) is 6.58. The van der Waals surface area contributed by atoms with Crippen LogP contribution in [0.1, 0.15) is 10.4 Å². The third-order valence-corrected chi connectivity index (χ3v) is 3.16. The molecular weight excluding hydrogens is 354 g/mol. The lowest BCUT2D eigenvalue weighted by Crippen LogP contribution is -2.21. The van der Waals surface area contributed by atoms with Crippen molar-refractivity contribution >= 4 is 23.3 Å². The minimum Gasteiger partial charge on any atom is -0.477 e. The van der Waals surface area contributed by atoms with Gasteiger partial charge < -0.3 is 14.8 Å². The molecule has 1 N–H and O–H groups in total. The molecular formula is C16H12F2N2O6. The van der Waals surface area contributed by atoms with Gasteiger partial charge in [0.05, 0.1) is 23.3 Å². The summed E-state index contributed by atoms with van der Waals surface area (Å²) in [5, 5.41) is 13.0. The highest BCUT2D eigenvalue weighted by atomic mass is 19.1. The van der Waals surface area contributed by atoms with Gasteiger partial charge in [0.2, 0.25) is 0 Å². The molecule has 0 radical (unpaired) electrons. The summed E-state index contributed by atoms with van der Waals surface area (Å²) in [5.74, 6) is -4.33. The number of hydrogen-bond acceptors (Lipinski definition) is 6. The number of anilines is 1. The summed E-state index contributed by atoms with van der Waals surface area (Å²) in [4.78, 5) is 33.5. The van der Waals surface area contributed by atoms with E-state index in [1.54, 1.807) is 0 Å². The molecule has 0 saturated heterocycles. The molecule has 0 aliphatic rings.